The second-order valence-electron chi connectivity index (χ2n) is 10.3. The molecule has 4 saturated carbocycles. The van der Waals surface area contributed by atoms with Crippen LogP contribution in [0, 0.1) is 23.7 Å². The number of aliphatic hydroxyl groups is 1. The van der Waals surface area contributed by atoms with E-state index in [1.807, 2.05) is 12.3 Å². The van der Waals surface area contributed by atoms with Gasteiger partial charge in [-0.25, -0.2) is 4.98 Å². The predicted octanol–water partition coefficient (Wildman–Crippen LogP) is 5.83. The van der Waals surface area contributed by atoms with Crippen molar-refractivity contribution in [2.45, 2.75) is 37.7 Å². The first kappa shape index (κ1) is 18.7. The third-order valence-electron chi connectivity index (χ3n) is 8.70. The van der Waals surface area contributed by atoms with E-state index < -0.39 is 5.60 Å². The number of benzene rings is 2. The molecule has 0 saturated heterocycles. The van der Waals surface area contributed by atoms with Gasteiger partial charge in [0.25, 0.3) is 0 Å². The molecule has 4 fully saturated rings. The summed E-state index contributed by atoms with van der Waals surface area (Å²) in [6.07, 6.45) is 7.96. The largest absolute Gasteiger partial charge is 0.497 e. The fraction of sp³-hybridized carbons (Fsp3) is 0.393. The molecule has 4 aliphatic carbocycles. The topological polar surface area (TPSA) is 47.3 Å². The summed E-state index contributed by atoms with van der Waals surface area (Å²) < 4.78 is 7.75. The van der Waals surface area contributed by atoms with Gasteiger partial charge in [0, 0.05) is 23.0 Å². The summed E-state index contributed by atoms with van der Waals surface area (Å²) in [5, 5.41) is 14.5. The van der Waals surface area contributed by atoms with Crippen LogP contribution in [0.25, 0.3) is 27.6 Å². The molecule has 0 unspecified atom stereocenters. The Morgan fingerprint density at radius 1 is 0.875 bits per heavy atom. The van der Waals surface area contributed by atoms with E-state index in [1.165, 1.54) is 42.9 Å². The number of fused-ring (bicyclic) bond motifs is 3. The van der Waals surface area contributed by atoms with Crippen molar-refractivity contribution in [1.82, 2.24) is 9.55 Å². The molecule has 0 aliphatic heterocycles. The van der Waals surface area contributed by atoms with Gasteiger partial charge in [-0.1, -0.05) is 18.2 Å². The lowest BCUT2D eigenvalue weighted by Gasteiger charge is -2.59. The number of pyridine rings is 1. The third kappa shape index (κ3) is 2.44. The summed E-state index contributed by atoms with van der Waals surface area (Å²) >= 11 is 0. The normalized spacial score (nSPS) is 30.9. The van der Waals surface area contributed by atoms with Crippen LogP contribution in [0.1, 0.15) is 37.7 Å². The summed E-state index contributed by atoms with van der Waals surface area (Å²) in [5.74, 6) is 4.11. The molecule has 2 heterocycles. The van der Waals surface area contributed by atoms with Gasteiger partial charge in [-0.3, -0.25) is 4.57 Å². The molecule has 8 rings (SSSR count). The number of methoxy groups -OCH3 is 1. The van der Waals surface area contributed by atoms with Crippen LogP contribution in [0.5, 0.6) is 5.75 Å². The Labute approximate surface area is 187 Å². The van der Waals surface area contributed by atoms with Crippen molar-refractivity contribution in [3.8, 4) is 11.6 Å². The average Bonchev–Trinajstić information content (AvgIpc) is 3.15. The van der Waals surface area contributed by atoms with E-state index in [0.29, 0.717) is 11.8 Å². The van der Waals surface area contributed by atoms with Crippen molar-refractivity contribution in [1.29, 1.82) is 0 Å². The molecule has 0 radical (unpaired) electrons. The maximum atomic E-state index is 12.1. The predicted molar refractivity (Wildman–Crippen MR) is 126 cm³/mol. The first-order valence-corrected chi connectivity index (χ1v) is 11.9. The van der Waals surface area contributed by atoms with Crippen LogP contribution < -0.4 is 4.74 Å². The number of hydrogen-bond donors (Lipinski definition) is 1. The number of hydrogen-bond acceptors (Lipinski definition) is 3. The Morgan fingerprint density at radius 3 is 2.34 bits per heavy atom. The average molecular weight is 425 g/mol. The second-order valence-corrected chi connectivity index (χ2v) is 10.3. The highest BCUT2D eigenvalue weighted by Gasteiger charge is 2.57. The standard InChI is InChI=1S/C28H28N2O2/c1-32-22-6-7-24-23-4-2-3-5-25(23)30(26(24)16-22)27-15-19(8-9-29-27)28(31)20-11-17-10-18(13-20)14-21(28)12-17/h2-9,15-18,20-21,31H,10-14H2,1H3. The summed E-state index contributed by atoms with van der Waals surface area (Å²) in [6.45, 7) is 0. The minimum absolute atomic E-state index is 0.382. The summed E-state index contributed by atoms with van der Waals surface area (Å²) in [7, 11) is 1.70. The Kier molecular flexibility index (Phi) is 3.85. The van der Waals surface area contributed by atoms with Crippen LogP contribution in [0.4, 0.5) is 0 Å². The lowest BCUT2D eigenvalue weighted by Crippen LogP contribution is -2.55. The molecule has 2 aromatic heterocycles. The summed E-state index contributed by atoms with van der Waals surface area (Å²) in [4.78, 5) is 4.79. The molecule has 4 bridgehead atoms. The van der Waals surface area contributed by atoms with Gasteiger partial charge in [0.05, 0.1) is 23.7 Å². The first-order chi connectivity index (χ1) is 15.6. The zero-order valence-corrected chi connectivity index (χ0v) is 18.4. The fourth-order valence-electron chi connectivity index (χ4n) is 7.49. The van der Waals surface area contributed by atoms with Gasteiger partial charge in [-0.05, 0) is 91.7 Å². The van der Waals surface area contributed by atoms with Crippen LogP contribution in [0.3, 0.4) is 0 Å². The van der Waals surface area contributed by atoms with E-state index in [4.69, 9.17) is 9.72 Å². The highest BCUT2D eigenvalue weighted by atomic mass is 16.5. The zero-order chi connectivity index (χ0) is 21.4. The first-order valence-electron chi connectivity index (χ1n) is 11.9. The van der Waals surface area contributed by atoms with E-state index in [2.05, 4.69) is 53.1 Å². The molecule has 4 heteroatoms. The molecule has 0 amide bonds. The Bertz CT molecular complexity index is 1330. The van der Waals surface area contributed by atoms with Crippen molar-refractivity contribution in [2.75, 3.05) is 7.11 Å². The smallest absolute Gasteiger partial charge is 0.137 e. The van der Waals surface area contributed by atoms with Crippen molar-refractivity contribution >= 4 is 21.8 Å². The quantitative estimate of drug-likeness (QED) is 0.450. The van der Waals surface area contributed by atoms with E-state index in [9.17, 15) is 5.11 Å². The number of para-hydroxylation sites is 1. The van der Waals surface area contributed by atoms with Crippen molar-refractivity contribution in [3.05, 3.63) is 66.4 Å². The van der Waals surface area contributed by atoms with Gasteiger partial charge < -0.3 is 9.84 Å². The van der Waals surface area contributed by atoms with E-state index >= 15 is 0 Å². The molecular weight excluding hydrogens is 396 g/mol. The minimum atomic E-state index is -0.721. The van der Waals surface area contributed by atoms with Crippen LogP contribution in [0.15, 0.2) is 60.8 Å². The van der Waals surface area contributed by atoms with Gasteiger partial charge >= 0.3 is 0 Å². The Hall–Kier alpha value is -2.85. The highest BCUT2D eigenvalue weighted by molar-refractivity contribution is 6.09. The number of aromatic nitrogens is 2. The molecule has 4 nitrogen and oxygen atoms in total. The van der Waals surface area contributed by atoms with Crippen molar-refractivity contribution in [2.24, 2.45) is 23.7 Å². The molecule has 0 spiro atoms. The number of nitrogens with zero attached hydrogens (tertiary/aromatic N) is 2. The molecule has 0 atom stereocenters. The zero-order valence-electron chi connectivity index (χ0n) is 18.4. The third-order valence-corrected chi connectivity index (χ3v) is 8.70. The van der Waals surface area contributed by atoms with Gasteiger partial charge in [0.15, 0.2) is 0 Å². The number of rotatable bonds is 3. The molecule has 32 heavy (non-hydrogen) atoms. The summed E-state index contributed by atoms with van der Waals surface area (Å²) in [6, 6.07) is 18.9. The SMILES string of the molecule is COc1ccc2c3ccccc3n(-c3cc(C4(O)C5CC6CC(C5)CC4C6)ccn3)c2c1. The highest BCUT2D eigenvalue weighted by Crippen LogP contribution is 2.61. The van der Waals surface area contributed by atoms with E-state index in [-0.39, 0.29) is 0 Å². The lowest BCUT2D eigenvalue weighted by atomic mass is 9.48. The molecule has 162 valence electrons. The maximum absolute atomic E-state index is 12.1. The lowest BCUT2D eigenvalue weighted by molar-refractivity contribution is -0.179. The second kappa shape index (κ2) is 6.58. The Balaban J connectivity index is 1.43. The minimum Gasteiger partial charge on any atom is -0.497 e. The molecular formula is C28H28N2O2. The van der Waals surface area contributed by atoms with Crippen LogP contribution in [-0.2, 0) is 5.60 Å². The Morgan fingerprint density at radius 2 is 1.59 bits per heavy atom. The van der Waals surface area contributed by atoms with Gasteiger partial charge in [0.1, 0.15) is 11.6 Å². The maximum Gasteiger partial charge on any atom is 0.137 e. The monoisotopic (exact) mass is 424 g/mol. The van der Waals surface area contributed by atoms with Gasteiger partial charge in [-0.15, -0.1) is 0 Å². The van der Waals surface area contributed by atoms with Crippen LogP contribution in [-0.4, -0.2) is 21.8 Å². The molecule has 4 aromatic rings. The van der Waals surface area contributed by atoms with Crippen LogP contribution >= 0.6 is 0 Å². The fourth-order valence-corrected chi connectivity index (χ4v) is 7.49. The molecule has 2 aromatic carbocycles. The van der Waals surface area contributed by atoms with Crippen LogP contribution in [0.2, 0.25) is 0 Å². The van der Waals surface area contributed by atoms with Gasteiger partial charge in [0.2, 0.25) is 0 Å². The van der Waals surface area contributed by atoms with Crippen molar-refractivity contribution in [3.63, 3.8) is 0 Å². The van der Waals surface area contributed by atoms with Gasteiger partial charge in [-0.2, -0.15) is 0 Å². The van der Waals surface area contributed by atoms with E-state index in [0.717, 1.165) is 40.0 Å². The molecule has 1 N–H and O–H groups in total. The summed E-state index contributed by atoms with van der Waals surface area (Å²) in [5.41, 5.74) is 2.52. The molecule has 4 aliphatic rings. The van der Waals surface area contributed by atoms with E-state index in [1.54, 1.807) is 7.11 Å². The number of ether oxygens (including phenoxy) is 1. The van der Waals surface area contributed by atoms with Crippen molar-refractivity contribution < 1.29 is 9.84 Å².